The number of hydrogen-bond donors (Lipinski definition) is 1. The van der Waals surface area contributed by atoms with Gasteiger partial charge in [0.05, 0.1) is 11.6 Å². The average molecular weight is 284 g/mol. The van der Waals surface area contributed by atoms with E-state index < -0.39 is 11.8 Å². The molecule has 1 aromatic heterocycles. The number of carbonyl (C=O) groups excluding carboxylic acids is 1. The SMILES string of the molecule is CCOC(=O)c1cn(-c2cccc(Cl)c2F)nc1N. The summed E-state index contributed by atoms with van der Waals surface area (Å²) < 4.78 is 19.8. The van der Waals surface area contributed by atoms with Gasteiger partial charge in [-0.1, -0.05) is 17.7 Å². The highest BCUT2D eigenvalue weighted by atomic mass is 35.5. The van der Waals surface area contributed by atoms with Crippen molar-refractivity contribution in [3.63, 3.8) is 0 Å². The Morgan fingerprint density at radius 2 is 2.32 bits per heavy atom. The van der Waals surface area contributed by atoms with Gasteiger partial charge in [0.2, 0.25) is 0 Å². The molecule has 0 bridgehead atoms. The summed E-state index contributed by atoms with van der Waals surface area (Å²) in [5.74, 6) is -1.27. The van der Waals surface area contributed by atoms with Crippen molar-refractivity contribution in [3.05, 3.63) is 40.8 Å². The van der Waals surface area contributed by atoms with Crippen LogP contribution in [-0.4, -0.2) is 22.4 Å². The molecule has 5 nitrogen and oxygen atoms in total. The van der Waals surface area contributed by atoms with Crippen LogP contribution in [0.2, 0.25) is 5.02 Å². The molecule has 2 rings (SSSR count). The van der Waals surface area contributed by atoms with E-state index >= 15 is 0 Å². The monoisotopic (exact) mass is 283 g/mol. The fourth-order valence-corrected chi connectivity index (χ4v) is 1.72. The zero-order valence-electron chi connectivity index (χ0n) is 10.1. The number of anilines is 1. The minimum absolute atomic E-state index is 0.0298. The smallest absolute Gasteiger partial charge is 0.343 e. The van der Waals surface area contributed by atoms with E-state index in [0.717, 1.165) is 4.68 Å². The zero-order valence-corrected chi connectivity index (χ0v) is 10.8. The Labute approximate surface area is 113 Å². The molecule has 0 fully saturated rings. The number of halogens is 2. The fraction of sp³-hybridized carbons (Fsp3) is 0.167. The van der Waals surface area contributed by atoms with Crippen LogP contribution < -0.4 is 5.73 Å². The predicted molar refractivity (Wildman–Crippen MR) is 68.9 cm³/mol. The molecule has 0 aliphatic rings. The van der Waals surface area contributed by atoms with Gasteiger partial charge in [0.15, 0.2) is 11.6 Å². The number of hydrogen-bond acceptors (Lipinski definition) is 4. The minimum atomic E-state index is -0.637. The standard InChI is InChI=1S/C12H11ClFN3O2/c1-2-19-12(18)7-6-17(16-11(7)15)9-5-3-4-8(13)10(9)14/h3-6H,2H2,1H3,(H2,15,16). The van der Waals surface area contributed by atoms with Crippen molar-refractivity contribution in [2.45, 2.75) is 6.92 Å². The Bertz CT molecular complexity index is 627. The summed E-state index contributed by atoms with van der Waals surface area (Å²) in [5.41, 5.74) is 5.80. The van der Waals surface area contributed by atoms with Gasteiger partial charge >= 0.3 is 5.97 Å². The molecule has 1 aromatic carbocycles. The molecule has 0 spiro atoms. The van der Waals surface area contributed by atoms with Crippen molar-refractivity contribution in [1.82, 2.24) is 9.78 Å². The lowest BCUT2D eigenvalue weighted by atomic mass is 10.3. The molecule has 1 heterocycles. The number of rotatable bonds is 3. The summed E-state index contributed by atoms with van der Waals surface area (Å²) in [5, 5.41) is 3.84. The Balaban J connectivity index is 2.45. The summed E-state index contributed by atoms with van der Waals surface area (Å²) in [6.45, 7) is 1.89. The van der Waals surface area contributed by atoms with Crippen LogP contribution in [0.4, 0.5) is 10.2 Å². The number of ether oxygens (including phenoxy) is 1. The summed E-state index contributed by atoms with van der Waals surface area (Å²) >= 11 is 5.68. The van der Waals surface area contributed by atoms with Crippen molar-refractivity contribution in [2.75, 3.05) is 12.3 Å². The van der Waals surface area contributed by atoms with E-state index in [1.54, 1.807) is 13.0 Å². The molecule has 0 amide bonds. The van der Waals surface area contributed by atoms with Gasteiger partial charge in [-0.05, 0) is 19.1 Å². The van der Waals surface area contributed by atoms with Crippen LogP contribution in [0.15, 0.2) is 24.4 Å². The van der Waals surface area contributed by atoms with Gasteiger partial charge in [-0.2, -0.15) is 0 Å². The lowest BCUT2D eigenvalue weighted by Gasteiger charge is -2.03. The number of nitrogen functional groups attached to an aromatic ring is 1. The predicted octanol–water partition coefficient (Wildman–Crippen LogP) is 2.42. The molecule has 2 N–H and O–H groups in total. The highest BCUT2D eigenvalue weighted by molar-refractivity contribution is 6.30. The molecular formula is C12H11ClFN3O2. The molecule has 0 aliphatic carbocycles. The van der Waals surface area contributed by atoms with Crippen LogP contribution in [0.5, 0.6) is 0 Å². The van der Waals surface area contributed by atoms with Crippen LogP contribution in [0, 0.1) is 5.82 Å². The van der Waals surface area contributed by atoms with Crippen LogP contribution in [0.25, 0.3) is 5.69 Å². The molecule has 0 saturated heterocycles. The van der Waals surface area contributed by atoms with E-state index in [0.29, 0.717) is 0 Å². The highest BCUT2D eigenvalue weighted by Crippen LogP contribution is 2.22. The van der Waals surface area contributed by atoms with E-state index in [-0.39, 0.29) is 28.7 Å². The lowest BCUT2D eigenvalue weighted by Crippen LogP contribution is -2.06. The summed E-state index contributed by atoms with van der Waals surface area (Å²) in [6.07, 6.45) is 1.31. The van der Waals surface area contributed by atoms with Gasteiger partial charge in [-0.15, -0.1) is 5.10 Å². The van der Waals surface area contributed by atoms with Crippen molar-refractivity contribution >= 4 is 23.4 Å². The second-order valence-electron chi connectivity index (χ2n) is 3.67. The van der Waals surface area contributed by atoms with Crippen molar-refractivity contribution in [1.29, 1.82) is 0 Å². The Morgan fingerprint density at radius 3 is 3.00 bits per heavy atom. The fourth-order valence-electron chi connectivity index (χ4n) is 1.55. The van der Waals surface area contributed by atoms with Crippen LogP contribution in [0.3, 0.4) is 0 Å². The third kappa shape index (κ3) is 2.53. The largest absolute Gasteiger partial charge is 0.462 e. The third-order valence-corrected chi connectivity index (χ3v) is 2.71. The first-order valence-corrected chi connectivity index (χ1v) is 5.89. The maximum atomic E-state index is 13.8. The van der Waals surface area contributed by atoms with Crippen molar-refractivity contribution < 1.29 is 13.9 Å². The number of carbonyl (C=O) groups is 1. The molecule has 7 heteroatoms. The van der Waals surface area contributed by atoms with Gasteiger partial charge in [0.1, 0.15) is 11.3 Å². The molecule has 0 aliphatic heterocycles. The van der Waals surface area contributed by atoms with E-state index in [9.17, 15) is 9.18 Å². The first kappa shape index (κ1) is 13.4. The molecule has 0 unspecified atom stereocenters. The number of aromatic nitrogens is 2. The topological polar surface area (TPSA) is 70.1 Å². The highest BCUT2D eigenvalue weighted by Gasteiger charge is 2.18. The quantitative estimate of drug-likeness (QED) is 0.878. The number of benzene rings is 1. The Kier molecular flexibility index (Phi) is 3.71. The minimum Gasteiger partial charge on any atom is -0.462 e. The molecule has 0 atom stereocenters. The zero-order chi connectivity index (χ0) is 14.0. The number of nitrogens with two attached hydrogens (primary N) is 1. The molecule has 0 saturated carbocycles. The lowest BCUT2D eigenvalue weighted by molar-refractivity contribution is 0.0527. The summed E-state index contributed by atoms with van der Waals surface area (Å²) in [7, 11) is 0. The van der Waals surface area contributed by atoms with Gasteiger partial charge < -0.3 is 10.5 Å². The summed E-state index contributed by atoms with van der Waals surface area (Å²) in [6, 6.07) is 4.46. The van der Waals surface area contributed by atoms with E-state index in [1.807, 2.05) is 0 Å². The second-order valence-corrected chi connectivity index (χ2v) is 4.07. The van der Waals surface area contributed by atoms with Crippen LogP contribution in [-0.2, 0) is 4.74 Å². The van der Waals surface area contributed by atoms with Gasteiger partial charge in [-0.25, -0.2) is 13.9 Å². The van der Waals surface area contributed by atoms with E-state index in [2.05, 4.69) is 5.10 Å². The third-order valence-electron chi connectivity index (χ3n) is 2.42. The van der Waals surface area contributed by atoms with E-state index in [4.69, 9.17) is 22.1 Å². The van der Waals surface area contributed by atoms with Crippen LogP contribution in [0.1, 0.15) is 17.3 Å². The second kappa shape index (κ2) is 5.27. The number of nitrogens with zero attached hydrogens (tertiary/aromatic N) is 2. The summed E-state index contributed by atoms with van der Waals surface area (Å²) in [4.78, 5) is 11.6. The van der Waals surface area contributed by atoms with E-state index in [1.165, 1.54) is 18.3 Å². The van der Waals surface area contributed by atoms with Gasteiger partial charge in [0.25, 0.3) is 0 Å². The normalized spacial score (nSPS) is 10.5. The molecule has 19 heavy (non-hydrogen) atoms. The molecule has 0 radical (unpaired) electrons. The maximum absolute atomic E-state index is 13.8. The molecular weight excluding hydrogens is 273 g/mol. The molecule has 2 aromatic rings. The van der Waals surface area contributed by atoms with Gasteiger partial charge in [0, 0.05) is 6.20 Å². The first-order chi connectivity index (χ1) is 9.04. The van der Waals surface area contributed by atoms with Crippen molar-refractivity contribution in [2.24, 2.45) is 0 Å². The van der Waals surface area contributed by atoms with Crippen molar-refractivity contribution in [3.8, 4) is 5.69 Å². The molecule has 100 valence electrons. The van der Waals surface area contributed by atoms with Gasteiger partial charge in [-0.3, -0.25) is 0 Å². The average Bonchev–Trinajstić information content (AvgIpc) is 2.75. The van der Waals surface area contributed by atoms with Crippen LogP contribution >= 0.6 is 11.6 Å². The maximum Gasteiger partial charge on any atom is 0.343 e. The first-order valence-electron chi connectivity index (χ1n) is 5.51. The Hall–Kier alpha value is -2.08. The Morgan fingerprint density at radius 1 is 1.58 bits per heavy atom. The number of esters is 1.